The van der Waals surface area contributed by atoms with Gasteiger partial charge in [-0.15, -0.1) is 0 Å². The number of fused-ring (bicyclic) bond motifs is 1. The zero-order valence-electron chi connectivity index (χ0n) is 20.6. The van der Waals surface area contributed by atoms with E-state index in [0.29, 0.717) is 28.9 Å². The molecule has 0 fully saturated rings. The van der Waals surface area contributed by atoms with Crippen LogP contribution in [-0.2, 0) is 40.4 Å². The molecular weight excluding hydrogens is 544 g/mol. The van der Waals surface area contributed by atoms with E-state index >= 15 is 0 Å². The molecule has 0 aromatic heterocycles. The van der Waals surface area contributed by atoms with Crippen molar-refractivity contribution in [2.45, 2.75) is 50.2 Å². The van der Waals surface area contributed by atoms with Gasteiger partial charge in [0.25, 0.3) is 0 Å². The lowest BCUT2D eigenvalue weighted by Gasteiger charge is -2.30. The van der Waals surface area contributed by atoms with Gasteiger partial charge in [-0.05, 0) is 64.9 Å². The highest BCUT2D eigenvalue weighted by Gasteiger charge is 2.34. The maximum atomic E-state index is 13.9. The summed E-state index contributed by atoms with van der Waals surface area (Å²) in [6.07, 6.45) is -4.92. The molecule has 0 spiro atoms. The Hall–Kier alpha value is -2.95. The Kier molecular flexibility index (Phi) is 7.88. The fraction of sp³-hybridized carbons (Fsp3) is 0.296. The molecule has 202 valence electrons. The number of carbonyl (C=O) groups is 1. The molecule has 3 aromatic carbocycles. The SMILES string of the molecule is CC(C)c1ccc(S(=O)(=O)N2CCc3c(ccc(Cl)c3NC(=O)Cc3ccc(C(F)(F)F)c(F)c3)C2)cc1. The molecule has 0 saturated carbocycles. The largest absolute Gasteiger partial charge is 0.419 e. The van der Waals surface area contributed by atoms with Crippen molar-refractivity contribution in [2.24, 2.45) is 0 Å². The van der Waals surface area contributed by atoms with Crippen molar-refractivity contribution in [3.63, 3.8) is 0 Å². The van der Waals surface area contributed by atoms with E-state index in [1.165, 1.54) is 4.31 Å². The van der Waals surface area contributed by atoms with Gasteiger partial charge in [0.15, 0.2) is 0 Å². The number of nitrogens with one attached hydrogen (secondary N) is 1. The Balaban J connectivity index is 1.51. The van der Waals surface area contributed by atoms with E-state index < -0.39 is 33.5 Å². The molecule has 0 atom stereocenters. The molecule has 38 heavy (non-hydrogen) atoms. The van der Waals surface area contributed by atoms with Crippen LogP contribution in [0.1, 0.15) is 47.6 Å². The first-order chi connectivity index (χ1) is 17.8. The summed E-state index contributed by atoms with van der Waals surface area (Å²) in [5.41, 5.74) is 1.33. The van der Waals surface area contributed by atoms with Crippen LogP contribution in [0.2, 0.25) is 5.02 Å². The van der Waals surface area contributed by atoms with Crippen molar-refractivity contribution < 1.29 is 30.8 Å². The van der Waals surface area contributed by atoms with Crippen LogP contribution in [0.4, 0.5) is 23.2 Å². The zero-order chi connectivity index (χ0) is 27.8. The number of sulfonamides is 1. The van der Waals surface area contributed by atoms with Gasteiger partial charge >= 0.3 is 6.18 Å². The number of amides is 1. The van der Waals surface area contributed by atoms with Gasteiger partial charge in [0.05, 0.1) is 27.6 Å². The van der Waals surface area contributed by atoms with Gasteiger partial charge in [-0.3, -0.25) is 4.79 Å². The molecule has 1 aliphatic heterocycles. The third-order valence-corrected chi connectivity index (χ3v) is 8.64. The number of halogens is 5. The Morgan fingerprint density at radius 3 is 2.37 bits per heavy atom. The van der Waals surface area contributed by atoms with Gasteiger partial charge in [-0.25, -0.2) is 12.8 Å². The lowest BCUT2D eigenvalue weighted by molar-refractivity contribution is -0.140. The predicted octanol–water partition coefficient (Wildman–Crippen LogP) is 6.55. The maximum Gasteiger partial charge on any atom is 0.419 e. The molecule has 4 rings (SSSR count). The van der Waals surface area contributed by atoms with E-state index in [9.17, 15) is 30.8 Å². The second-order valence-corrected chi connectivity index (χ2v) is 11.8. The van der Waals surface area contributed by atoms with Crippen LogP contribution in [0, 0.1) is 5.82 Å². The van der Waals surface area contributed by atoms with Gasteiger partial charge in [-0.2, -0.15) is 17.5 Å². The molecule has 0 saturated heterocycles. The van der Waals surface area contributed by atoms with Crippen LogP contribution in [0.25, 0.3) is 0 Å². The number of nitrogens with zero attached hydrogens (tertiary/aromatic N) is 1. The van der Waals surface area contributed by atoms with Gasteiger partial charge in [0.1, 0.15) is 5.82 Å². The molecule has 5 nitrogen and oxygen atoms in total. The minimum Gasteiger partial charge on any atom is -0.324 e. The first-order valence-corrected chi connectivity index (χ1v) is 13.6. The molecule has 3 aromatic rings. The van der Waals surface area contributed by atoms with Gasteiger partial charge in [0.2, 0.25) is 15.9 Å². The number of rotatable bonds is 6. The highest BCUT2D eigenvalue weighted by atomic mass is 35.5. The Labute approximate surface area is 223 Å². The number of hydrogen-bond acceptors (Lipinski definition) is 3. The number of alkyl halides is 3. The molecule has 0 radical (unpaired) electrons. The highest BCUT2D eigenvalue weighted by molar-refractivity contribution is 7.89. The molecule has 1 N–H and O–H groups in total. The molecular formula is C27H25ClF4N2O3S. The lowest BCUT2D eigenvalue weighted by Crippen LogP contribution is -2.36. The van der Waals surface area contributed by atoms with Crippen LogP contribution in [-0.4, -0.2) is 25.2 Å². The average Bonchev–Trinajstić information content (AvgIpc) is 2.84. The van der Waals surface area contributed by atoms with Crippen molar-refractivity contribution >= 4 is 33.2 Å². The van der Waals surface area contributed by atoms with Crippen LogP contribution in [0.5, 0.6) is 0 Å². The Morgan fingerprint density at radius 1 is 1.08 bits per heavy atom. The smallest absolute Gasteiger partial charge is 0.324 e. The van der Waals surface area contributed by atoms with Crippen LogP contribution < -0.4 is 5.32 Å². The van der Waals surface area contributed by atoms with E-state index in [2.05, 4.69) is 5.32 Å². The number of benzene rings is 3. The van der Waals surface area contributed by atoms with Crippen molar-refractivity contribution in [2.75, 3.05) is 11.9 Å². The fourth-order valence-electron chi connectivity index (χ4n) is 4.38. The van der Waals surface area contributed by atoms with E-state index in [0.717, 1.165) is 11.6 Å². The molecule has 0 aliphatic carbocycles. The zero-order valence-corrected chi connectivity index (χ0v) is 22.1. The summed E-state index contributed by atoms with van der Waals surface area (Å²) in [5, 5.41) is 2.90. The molecule has 1 amide bonds. The fourth-order valence-corrected chi connectivity index (χ4v) is 6.03. The van der Waals surface area contributed by atoms with E-state index in [1.807, 2.05) is 13.8 Å². The molecule has 0 bridgehead atoms. The standard InChI is InChI=1S/C27H25ClF4N2O3S/c1-16(2)18-4-7-20(8-5-18)38(36,37)34-12-11-21-19(15-34)6-10-23(28)26(21)33-25(35)14-17-3-9-22(24(29)13-17)27(30,31)32/h3-10,13,16H,11-12,14-15H2,1-2H3,(H,33,35). The highest BCUT2D eigenvalue weighted by Crippen LogP contribution is 2.35. The van der Waals surface area contributed by atoms with E-state index in [4.69, 9.17) is 11.6 Å². The number of hydrogen-bond donors (Lipinski definition) is 1. The summed E-state index contributed by atoms with van der Waals surface area (Å²) >= 11 is 6.34. The predicted molar refractivity (Wildman–Crippen MR) is 137 cm³/mol. The molecule has 11 heteroatoms. The van der Waals surface area contributed by atoms with Gasteiger partial charge in [0, 0.05) is 13.1 Å². The van der Waals surface area contributed by atoms with Crippen LogP contribution in [0.15, 0.2) is 59.5 Å². The Morgan fingerprint density at radius 2 is 1.76 bits per heavy atom. The summed E-state index contributed by atoms with van der Waals surface area (Å²) in [5.74, 6) is -1.79. The van der Waals surface area contributed by atoms with Gasteiger partial charge in [-0.1, -0.05) is 49.7 Å². The third kappa shape index (κ3) is 5.87. The summed E-state index contributed by atoms with van der Waals surface area (Å²) in [7, 11) is -3.75. The van der Waals surface area contributed by atoms with E-state index in [-0.39, 0.29) is 47.3 Å². The van der Waals surface area contributed by atoms with Crippen molar-refractivity contribution in [1.29, 1.82) is 0 Å². The van der Waals surface area contributed by atoms with E-state index in [1.54, 1.807) is 36.4 Å². The normalized spacial score (nSPS) is 14.4. The van der Waals surface area contributed by atoms with Gasteiger partial charge < -0.3 is 5.32 Å². The molecule has 1 heterocycles. The van der Waals surface area contributed by atoms with Crippen molar-refractivity contribution in [3.05, 3.63) is 93.3 Å². The third-order valence-electron chi connectivity index (χ3n) is 6.47. The van der Waals surface area contributed by atoms with Crippen LogP contribution in [0.3, 0.4) is 0 Å². The minimum absolute atomic E-state index is 0.0645. The topological polar surface area (TPSA) is 66.5 Å². The summed E-state index contributed by atoms with van der Waals surface area (Å²) in [6, 6.07) is 12.3. The molecule has 1 aliphatic rings. The second-order valence-electron chi connectivity index (χ2n) is 9.41. The minimum atomic E-state index is -4.83. The summed E-state index contributed by atoms with van der Waals surface area (Å²) in [4.78, 5) is 12.9. The quantitative estimate of drug-likeness (QED) is 0.343. The van der Waals surface area contributed by atoms with Crippen molar-refractivity contribution in [3.8, 4) is 0 Å². The number of anilines is 1. The lowest BCUT2D eigenvalue weighted by atomic mass is 9.98. The summed E-state index contributed by atoms with van der Waals surface area (Å²) < 4.78 is 80.2. The Bertz CT molecular complexity index is 1470. The van der Waals surface area contributed by atoms with Crippen LogP contribution >= 0.6 is 11.6 Å². The first kappa shape index (κ1) is 28.1. The first-order valence-electron chi connectivity index (χ1n) is 11.8. The average molecular weight is 569 g/mol. The number of carbonyl (C=O) groups excluding carboxylic acids is 1. The summed E-state index contributed by atoms with van der Waals surface area (Å²) in [6.45, 7) is 4.28. The maximum absolute atomic E-state index is 13.9. The molecule has 0 unspecified atom stereocenters. The monoisotopic (exact) mass is 568 g/mol. The second kappa shape index (κ2) is 10.7. The van der Waals surface area contributed by atoms with Crippen molar-refractivity contribution in [1.82, 2.24) is 4.31 Å².